The second-order valence-electron chi connectivity index (χ2n) is 4.71. The first-order valence-corrected chi connectivity index (χ1v) is 9.15. The Labute approximate surface area is 146 Å². The van der Waals surface area contributed by atoms with Crippen LogP contribution in [-0.4, -0.2) is 18.8 Å². The quantitative estimate of drug-likeness (QED) is 0.623. The lowest BCUT2D eigenvalue weighted by Gasteiger charge is -2.16. The van der Waals surface area contributed by atoms with Gasteiger partial charge in [-0.15, -0.1) is 11.8 Å². The summed E-state index contributed by atoms with van der Waals surface area (Å²) in [5.74, 6) is 0.723. The van der Waals surface area contributed by atoms with Gasteiger partial charge in [-0.05, 0) is 65.3 Å². The molecule has 0 fully saturated rings. The van der Waals surface area contributed by atoms with Gasteiger partial charge in [0.1, 0.15) is 5.82 Å². The average molecular weight is 433 g/mol. The summed E-state index contributed by atoms with van der Waals surface area (Å²) in [6, 6.07) is 13.5. The van der Waals surface area contributed by atoms with Crippen molar-refractivity contribution < 1.29 is 4.39 Å². The van der Waals surface area contributed by atoms with Gasteiger partial charge in [0.15, 0.2) is 0 Å². The van der Waals surface area contributed by atoms with Crippen molar-refractivity contribution in [3.8, 4) is 0 Å². The lowest BCUT2D eigenvalue weighted by molar-refractivity contribution is 0.602. The number of rotatable bonds is 6. The largest absolute Gasteiger partial charge is 0.316 e. The molecule has 2 aromatic carbocycles. The Bertz CT molecular complexity index is 586. The average Bonchev–Trinajstić information content (AvgIpc) is 2.44. The Kier molecular flexibility index (Phi) is 6.74. The third kappa shape index (κ3) is 5.40. The Morgan fingerprint density at radius 3 is 2.62 bits per heavy atom. The highest BCUT2D eigenvalue weighted by Gasteiger charge is 2.10. The molecule has 0 saturated carbocycles. The van der Waals surface area contributed by atoms with E-state index in [0.717, 1.165) is 26.7 Å². The predicted octanol–water partition coefficient (Wildman–Crippen LogP) is 5.27. The SMILES string of the molecule is CNC(CSc1ccccc1Br)Cc1cc(F)cc(Br)c1. The van der Waals surface area contributed by atoms with E-state index >= 15 is 0 Å². The second-order valence-corrected chi connectivity index (χ2v) is 7.54. The second kappa shape index (κ2) is 8.32. The minimum absolute atomic E-state index is 0.201. The fraction of sp³-hybridized carbons (Fsp3) is 0.250. The topological polar surface area (TPSA) is 12.0 Å². The summed E-state index contributed by atoms with van der Waals surface area (Å²) < 4.78 is 15.3. The van der Waals surface area contributed by atoms with Crippen molar-refractivity contribution in [2.24, 2.45) is 0 Å². The van der Waals surface area contributed by atoms with Crippen molar-refractivity contribution in [2.75, 3.05) is 12.8 Å². The number of likely N-dealkylation sites (N-methyl/N-ethyl adjacent to an activating group) is 1. The molecule has 5 heteroatoms. The molecule has 1 atom stereocenters. The first-order valence-electron chi connectivity index (χ1n) is 6.58. The summed E-state index contributed by atoms with van der Waals surface area (Å²) in [6.07, 6.45) is 0.796. The van der Waals surface area contributed by atoms with E-state index in [1.54, 1.807) is 17.8 Å². The summed E-state index contributed by atoms with van der Waals surface area (Å²) in [7, 11) is 1.94. The molecule has 0 heterocycles. The maximum Gasteiger partial charge on any atom is 0.124 e. The molecule has 0 saturated heterocycles. The molecule has 0 aliphatic carbocycles. The normalized spacial score (nSPS) is 12.4. The highest BCUT2D eigenvalue weighted by atomic mass is 79.9. The van der Waals surface area contributed by atoms with Crippen LogP contribution in [0.15, 0.2) is 56.3 Å². The van der Waals surface area contributed by atoms with Gasteiger partial charge < -0.3 is 5.32 Å². The van der Waals surface area contributed by atoms with E-state index in [2.05, 4.69) is 43.2 Å². The van der Waals surface area contributed by atoms with Gasteiger partial charge in [0.25, 0.3) is 0 Å². The van der Waals surface area contributed by atoms with Gasteiger partial charge in [0, 0.05) is 25.6 Å². The van der Waals surface area contributed by atoms with Gasteiger partial charge in [0.2, 0.25) is 0 Å². The van der Waals surface area contributed by atoms with Gasteiger partial charge in [-0.2, -0.15) is 0 Å². The van der Waals surface area contributed by atoms with Crippen LogP contribution in [0, 0.1) is 5.82 Å². The first-order chi connectivity index (χ1) is 10.1. The van der Waals surface area contributed by atoms with E-state index < -0.39 is 0 Å². The molecule has 1 N–H and O–H groups in total. The van der Waals surface area contributed by atoms with Crippen molar-refractivity contribution in [3.63, 3.8) is 0 Å². The van der Waals surface area contributed by atoms with Gasteiger partial charge in [0.05, 0.1) is 0 Å². The van der Waals surface area contributed by atoms with Crippen LogP contribution in [0.1, 0.15) is 5.56 Å². The Hall–Kier alpha value is -0.360. The van der Waals surface area contributed by atoms with Crippen LogP contribution in [0.5, 0.6) is 0 Å². The summed E-state index contributed by atoms with van der Waals surface area (Å²) in [5.41, 5.74) is 0.994. The van der Waals surface area contributed by atoms with Gasteiger partial charge >= 0.3 is 0 Å². The van der Waals surface area contributed by atoms with E-state index in [4.69, 9.17) is 0 Å². The third-order valence-corrected chi connectivity index (χ3v) is 5.74. The molecule has 0 spiro atoms. The Morgan fingerprint density at radius 1 is 1.19 bits per heavy atom. The van der Waals surface area contributed by atoms with Crippen LogP contribution in [-0.2, 0) is 6.42 Å². The molecule has 0 radical (unpaired) electrons. The highest BCUT2D eigenvalue weighted by molar-refractivity contribution is 9.10. The lowest BCUT2D eigenvalue weighted by Crippen LogP contribution is -2.30. The van der Waals surface area contributed by atoms with E-state index in [1.807, 2.05) is 31.3 Å². The molecule has 0 bridgehead atoms. The number of thioether (sulfide) groups is 1. The molecule has 1 unspecified atom stereocenters. The van der Waals surface area contributed by atoms with Crippen LogP contribution in [0.3, 0.4) is 0 Å². The van der Waals surface area contributed by atoms with Crippen molar-refractivity contribution >= 4 is 43.6 Å². The maximum absolute atomic E-state index is 13.4. The van der Waals surface area contributed by atoms with Crippen molar-refractivity contribution in [2.45, 2.75) is 17.4 Å². The van der Waals surface area contributed by atoms with Crippen LogP contribution >= 0.6 is 43.6 Å². The van der Waals surface area contributed by atoms with Gasteiger partial charge in [-0.3, -0.25) is 0 Å². The molecule has 112 valence electrons. The molecule has 0 aromatic heterocycles. The summed E-state index contributed by atoms with van der Waals surface area (Å²) in [4.78, 5) is 1.22. The molecule has 2 aromatic rings. The lowest BCUT2D eigenvalue weighted by atomic mass is 10.1. The summed E-state index contributed by atoms with van der Waals surface area (Å²) >= 11 is 8.69. The van der Waals surface area contributed by atoms with Gasteiger partial charge in [-0.25, -0.2) is 4.39 Å². The van der Waals surface area contributed by atoms with E-state index in [-0.39, 0.29) is 11.9 Å². The first kappa shape index (κ1) is 17.0. The van der Waals surface area contributed by atoms with Crippen molar-refractivity contribution in [1.82, 2.24) is 5.32 Å². The van der Waals surface area contributed by atoms with Crippen LogP contribution in [0.2, 0.25) is 0 Å². The number of nitrogens with one attached hydrogen (secondary N) is 1. The van der Waals surface area contributed by atoms with Crippen molar-refractivity contribution in [3.05, 3.63) is 62.8 Å². The van der Waals surface area contributed by atoms with E-state index in [0.29, 0.717) is 0 Å². The molecule has 0 aliphatic rings. The zero-order valence-electron chi connectivity index (χ0n) is 11.6. The van der Waals surface area contributed by atoms with E-state index in [9.17, 15) is 4.39 Å². The third-order valence-electron chi connectivity index (χ3n) is 3.09. The monoisotopic (exact) mass is 431 g/mol. The summed E-state index contributed by atoms with van der Waals surface area (Å²) in [5, 5.41) is 3.31. The highest BCUT2D eigenvalue weighted by Crippen LogP contribution is 2.28. The molecule has 1 nitrogen and oxygen atoms in total. The molecule has 0 amide bonds. The number of benzene rings is 2. The fourth-order valence-electron chi connectivity index (χ4n) is 2.01. The Balaban J connectivity index is 1.98. The van der Waals surface area contributed by atoms with Crippen LogP contribution in [0.25, 0.3) is 0 Å². The number of hydrogen-bond acceptors (Lipinski definition) is 2. The maximum atomic E-state index is 13.4. The molecular weight excluding hydrogens is 417 g/mol. The fourth-order valence-corrected chi connectivity index (χ4v) is 4.20. The number of halogens is 3. The zero-order chi connectivity index (χ0) is 15.2. The van der Waals surface area contributed by atoms with Crippen LogP contribution < -0.4 is 5.32 Å². The molecular formula is C16H16Br2FNS. The van der Waals surface area contributed by atoms with E-state index in [1.165, 1.54) is 11.0 Å². The molecule has 2 rings (SSSR count). The van der Waals surface area contributed by atoms with Gasteiger partial charge in [-0.1, -0.05) is 28.1 Å². The van der Waals surface area contributed by atoms with Crippen molar-refractivity contribution in [1.29, 1.82) is 0 Å². The standard InChI is InChI=1S/C16H16Br2FNS/c1-20-14(8-11-6-12(17)9-13(19)7-11)10-21-16-5-3-2-4-15(16)18/h2-7,9,14,20H,8,10H2,1H3. The predicted molar refractivity (Wildman–Crippen MR) is 95.5 cm³/mol. The zero-order valence-corrected chi connectivity index (χ0v) is 15.6. The minimum Gasteiger partial charge on any atom is -0.316 e. The smallest absolute Gasteiger partial charge is 0.124 e. The Morgan fingerprint density at radius 2 is 1.95 bits per heavy atom. The minimum atomic E-state index is -0.201. The molecule has 21 heavy (non-hydrogen) atoms. The van der Waals surface area contributed by atoms with Crippen LogP contribution in [0.4, 0.5) is 4.39 Å². The number of hydrogen-bond donors (Lipinski definition) is 1. The summed E-state index contributed by atoms with van der Waals surface area (Å²) in [6.45, 7) is 0. The molecule has 0 aliphatic heterocycles.